The molecule has 0 N–H and O–H groups in total. The molecular formula is C16H19F2N5O3S. The molecule has 0 saturated carbocycles. The van der Waals surface area contributed by atoms with Crippen molar-refractivity contribution in [2.24, 2.45) is 0 Å². The number of rotatable bonds is 5. The number of nitrogens with zero attached hydrogens (tertiary/aromatic N) is 5. The van der Waals surface area contributed by atoms with Crippen LogP contribution in [0.15, 0.2) is 35.4 Å². The van der Waals surface area contributed by atoms with E-state index in [1.807, 2.05) is 0 Å². The number of hydrogen-bond donors (Lipinski definition) is 0. The molecule has 1 aliphatic rings. The van der Waals surface area contributed by atoms with Gasteiger partial charge in [0.15, 0.2) is 5.69 Å². The van der Waals surface area contributed by atoms with Crippen LogP contribution in [0.4, 0.5) is 8.78 Å². The number of benzene rings is 1. The van der Waals surface area contributed by atoms with Crippen molar-refractivity contribution < 1.29 is 22.0 Å². The topological polar surface area (TPSA) is 88.4 Å². The van der Waals surface area contributed by atoms with Crippen LogP contribution < -0.4 is 0 Å². The van der Waals surface area contributed by atoms with Crippen LogP contribution in [-0.2, 0) is 16.6 Å². The van der Waals surface area contributed by atoms with Gasteiger partial charge in [0, 0.05) is 26.7 Å². The van der Waals surface area contributed by atoms with Crippen molar-refractivity contribution >= 4 is 15.9 Å². The molecule has 0 bridgehead atoms. The van der Waals surface area contributed by atoms with Crippen LogP contribution in [0.5, 0.6) is 0 Å². The van der Waals surface area contributed by atoms with Crippen molar-refractivity contribution in [2.45, 2.75) is 30.1 Å². The summed E-state index contributed by atoms with van der Waals surface area (Å²) in [5, 5.41) is 7.59. The van der Waals surface area contributed by atoms with Crippen LogP contribution in [0, 0.1) is 5.82 Å². The Bertz CT molecular complexity index is 947. The standard InChI is InChI=1S/C16H19F2N5O3S/c1-21(2)16(24)15-10-22(20-19-15)9-13-6-12(18)8-23(13)27(25,26)14-5-3-4-11(17)7-14/h3-5,7,10,12-13H,6,8-9H2,1-2H3/t12-,13-/m0/s1. The average molecular weight is 399 g/mol. The summed E-state index contributed by atoms with van der Waals surface area (Å²) < 4.78 is 55.4. The molecule has 1 amide bonds. The summed E-state index contributed by atoms with van der Waals surface area (Å²) in [5.41, 5.74) is 0.106. The van der Waals surface area contributed by atoms with Gasteiger partial charge in [0.2, 0.25) is 10.0 Å². The van der Waals surface area contributed by atoms with Gasteiger partial charge < -0.3 is 4.90 Å². The van der Waals surface area contributed by atoms with Crippen LogP contribution in [0.25, 0.3) is 0 Å². The predicted octanol–water partition coefficient (Wildman–Crippen LogP) is 0.920. The third kappa shape index (κ3) is 3.98. The van der Waals surface area contributed by atoms with Gasteiger partial charge in [-0.25, -0.2) is 17.2 Å². The van der Waals surface area contributed by atoms with E-state index >= 15 is 0 Å². The van der Waals surface area contributed by atoms with Gasteiger partial charge in [-0.3, -0.25) is 9.48 Å². The summed E-state index contributed by atoms with van der Waals surface area (Å²) in [6.07, 6.45) is 0.0245. The molecule has 146 valence electrons. The Kier molecular flexibility index (Phi) is 5.24. The Labute approximate surface area is 155 Å². The SMILES string of the molecule is CN(C)C(=O)c1cn(C[C@@H]2C[C@H](F)CN2S(=O)(=O)c2cccc(F)c2)nn1. The lowest BCUT2D eigenvalue weighted by Gasteiger charge is -2.23. The fourth-order valence-electron chi connectivity index (χ4n) is 2.99. The molecule has 0 spiro atoms. The molecule has 2 aromatic rings. The van der Waals surface area contributed by atoms with E-state index in [9.17, 15) is 22.0 Å². The molecule has 0 aliphatic carbocycles. The Morgan fingerprint density at radius 2 is 2.11 bits per heavy atom. The molecule has 3 rings (SSSR count). The van der Waals surface area contributed by atoms with Gasteiger partial charge in [-0.1, -0.05) is 11.3 Å². The fourth-order valence-corrected chi connectivity index (χ4v) is 4.67. The highest BCUT2D eigenvalue weighted by Gasteiger charge is 2.41. The zero-order valence-electron chi connectivity index (χ0n) is 14.8. The number of alkyl halides is 1. The highest BCUT2D eigenvalue weighted by Crippen LogP contribution is 2.29. The maximum absolute atomic E-state index is 14.0. The molecule has 27 heavy (non-hydrogen) atoms. The summed E-state index contributed by atoms with van der Waals surface area (Å²) >= 11 is 0. The van der Waals surface area contributed by atoms with Crippen LogP contribution in [0.3, 0.4) is 0 Å². The second-order valence-corrected chi connectivity index (χ2v) is 8.43. The second kappa shape index (κ2) is 7.31. The van der Waals surface area contributed by atoms with Gasteiger partial charge in [-0.05, 0) is 24.6 Å². The van der Waals surface area contributed by atoms with Crippen molar-refractivity contribution in [3.8, 4) is 0 Å². The number of sulfonamides is 1. The molecule has 11 heteroatoms. The van der Waals surface area contributed by atoms with E-state index in [1.165, 1.54) is 27.9 Å². The first-order chi connectivity index (χ1) is 12.7. The van der Waals surface area contributed by atoms with E-state index in [0.717, 1.165) is 16.4 Å². The number of carbonyl (C=O) groups is 1. The van der Waals surface area contributed by atoms with Gasteiger partial charge >= 0.3 is 0 Å². The number of carbonyl (C=O) groups excluding carboxylic acids is 1. The summed E-state index contributed by atoms with van der Waals surface area (Å²) in [4.78, 5) is 13.0. The van der Waals surface area contributed by atoms with E-state index in [2.05, 4.69) is 10.3 Å². The number of halogens is 2. The van der Waals surface area contributed by atoms with Crippen LogP contribution in [0.2, 0.25) is 0 Å². The lowest BCUT2D eigenvalue weighted by atomic mass is 10.2. The first-order valence-corrected chi connectivity index (χ1v) is 9.65. The summed E-state index contributed by atoms with van der Waals surface area (Å²) in [6, 6.07) is 3.87. The molecule has 1 aromatic carbocycles. The minimum absolute atomic E-state index is 0.0225. The Morgan fingerprint density at radius 1 is 1.37 bits per heavy atom. The van der Waals surface area contributed by atoms with Crippen molar-refractivity contribution in [1.82, 2.24) is 24.2 Å². The summed E-state index contributed by atoms with van der Waals surface area (Å²) in [5.74, 6) is -1.04. The third-order valence-electron chi connectivity index (χ3n) is 4.28. The summed E-state index contributed by atoms with van der Waals surface area (Å²) in [6.45, 7) is -0.287. The van der Waals surface area contributed by atoms with E-state index in [-0.39, 0.29) is 36.0 Å². The zero-order chi connectivity index (χ0) is 19.8. The fraction of sp³-hybridized carbons (Fsp3) is 0.438. The van der Waals surface area contributed by atoms with E-state index in [0.29, 0.717) is 0 Å². The Morgan fingerprint density at radius 3 is 2.78 bits per heavy atom. The van der Waals surface area contributed by atoms with Gasteiger partial charge in [-0.2, -0.15) is 4.31 Å². The maximum Gasteiger partial charge on any atom is 0.275 e. The van der Waals surface area contributed by atoms with Gasteiger partial charge in [0.25, 0.3) is 5.91 Å². The number of hydrogen-bond acceptors (Lipinski definition) is 5. The smallest absolute Gasteiger partial charge is 0.275 e. The molecular weight excluding hydrogens is 380 g/mol. The molecule has 0 unspecified atom stereocenters. The third-order valence-corrected chi connectivity index (χ3v) is 6.19. The van der Waals surface area contributed by atoms with Crippen molar-refractivity contribution in [1.29, 1.82) is 0 Å². The van der Waals surface area contributed by atoms with E-state index in [4.69, 9.17) is 0 Å². The van der Waals surface area contributed by atoms with Crippen LogP contribution in [0.1, 0.15) is 16.9 Å². The molecule has 2 heterocycles. The van der Waals surface area contributed by atoms with Crippen molar-refractivity contribution in [3.05, 3.63) is 42.0 Å². The second-order valence-electron chi connectivity index (χ2n) is 6.54. The summed E-state index contributed by atoms with van der Waals surface area (Å²) in [7, 11) is -0.932. The minimum Gasteiger partial charge on any atom is -0.343 e. The van der Waals surface area contributed by atoms with Gasteiger partial charge in [0.05, 0.1) is 17.6 Å². The molecule has 1 aromatic heterocycles. The lowest BCUT2D eigenvalue weighted by molar-refractivity contribution is 0.0822. The lowest BCUT2D eigenvalue weighted by Crippen LogP contribution is -2.38. The molecule has 8 nitrogen and oxygen atoms in total. The van der Waals surface area contributed by atoms with Crippen molar-refractivity contribution in [2.75, 3.05) is 20.6 Å². The first kappa shape index (κ1) is 19.4. The molecule has 2 atom stereocenters. The minimum atomic E-state index is -4.07. The van der Waals surface area contributed by atoms with Gasteiger partial charge in [0.1, 0.15) is 12.0 Å². The Hall–Kier alpha value is -2.40. The molecule has 1 saturated heterocycles. The van der Waals surface area contributed by atoms with Gasteiger partial charge in [-0.15, -0.1) is 5.10 Å². The highest BCUT2D eigenvalue weighted by molar-refractivity contribution is 7.89. The monoisotopic (exact) mass is 399 g/mol. The van der Waals surface area contributed by atoms with E-state index in [1.54, 1.807) is 14.1 Å². The normalized spacial score (nSPS) is 20.7. The van der Waals surface area contributed by atoms with Crippen molar-refractivity contribution in [3.63, 3.8) is 0 Å². The number of aromatic nitrogens is 3. The maximum atomic E-state index is 14.0. The predicted molar refractivity (Wildman–Crippen MR) is 91.6 cm³/mol. The van der Waals surface area contributed by atoms with E-state index < -0.39 is 28.1 Å². The Balaban J connectivity index is 1.84. The number of amides is 1. The zero-order valence-corrected chi connectivity index (χ0v) is 15.6. The quantitative estimate of drug-likeness (QED) is 0.746. The first-order valence-electron chi connectivity index (χ1n) is 8.21. The highest BCUT2D eigenvalue weighted by atomic mass is 32.2. The van der Waals surface area contributed by atoms with Crippen LogP contribution in [-0.4, -0.2) is 71.4 Å². The average Bonchev–Trinajstić information content (AvgIpc) is 3.21. The largest absolute Gasteiger partial charge is 0.343 e. The molecule has 0 radical (unpaired) electrons. The molecule has 1 aliphatic heterocycles. The molecule has 1 fully saturated rings. The van der Waals surface area contributed by atoms with Crippen LogP contribution >= 0.6 is 0 Å².